The van der Waals surface area contributed by atoms with Crippen LogP contribution in [0.4, 0.5) is 11.4 Å². The van der Waals surface area contributed by atoms with Crippen molar-refractivity contribution in [3.05, 3.63) is 70.8 Å². The molecule has 10 heteroatoms. The van der Waals surface area contributed by atoms with Crippen molar-refractivity contribution in [3.8, 4) is 23.7 Å². The molecule has 0 saturated carbocycles. The Bertz CT molecular complexity index is 1570. The van der Waals surface area contributed by atoms with Crippen molar-refractivity contribution in [2.75, 3.05) is 17.7 Å². The van der Waals surface area contributed by atoms with E-state index in [1.54, 1.807) is 18.2 Å². The summed E-state index contributed by atoms with van der Waals surface area (Å²) in [7, 11) is 1.45. The number of rotatable bonds is 24. The van der Waals surface area contributed by atoms with Gasteiger partial charge < -0.3 is 25.2 Å². The number of anilines is 2. The van der Waals surface area contributed by atoms with E-state index < -0.39 is 23.7 Å². The third-order valence-electron chi connectivity index (χ3n) is 8.65. The fourth-order valence-electron chi connectivity index (χ4n) is 5.90. The largest absolute Gasteiger partial charge is 0.495 e. The van der Waals surface area contributed by atoms with Crippen LogP contribution in [0.3, 0.4) is 0 Å². The van der Waals surface area contributed by atoms with Crippen molar-refractivity contribution in [1.82, 2.24) is 9.13 Å². The molecule has 0 saturated heterocycles. The van der Waals surface area contributed by atoms with Crippen molar-refractivity contribution >= 4 is 23.2 Å². The lowest BCUT2D eigenvalue weighted by Gasteiger charge is -2.18. The number of hydrogen-bond donors (Lipinski definition) is 3. The third kappa shape index (κ3) is 13.7. The highest BCUT2D eigenvalue weighted by atomic mass is 16.5. The average Bonchev–Trinajstić information content (AvgIpc) is 3.38. The Morgan fingerprint density at radius 1 is 0.840 bits per heavy atom. The lowest BCUT2D eigenvalue weighted by atomic mass is 10.0. The fraction of sp³-hybridized carbons (Fsp3) is 0.525. The molecule has 1 heterocycles. The van der Waals surface area contributed by atoms with E-state index in [1.165, 1.54) is 102 Å². The summed E-state index contributed by atoms with van der Waals surface area (Å²) in [5.74, 6) is 1.52. The number of amides is 2. The van der Waals surface area contributed by atoms with Gasteiger partial charge in [0.25, 0.3) is 12.1 Å². The van der Waals surface area contributed by atoms with E-state index in [0.29, 0.717) is 17.9 Å². The number of ether oxygens (including phenoxy) is 2. The molecule has 3 N–H and O–H groups in total. The molecule has 0 aliphatic heterocycles. The van der Waals surface area contributed by atoms with Gasteiger partial charge in [0.05, 0.1) is 25.5 Å². The van der Waals surface area contributed by atoms with Crippen molar-refractivity contribution in [2.24, 2.45) is 0 Å². The number of nitrogens with zero attached hydrogens (tertiary/aromatic N) is 2. The van der Waals surface area contributed by atoms with Crippen LogP contribution in [0.2, 0.25) is 0 Å². The minimum atomic E-state index is -1.61. The summed E-state index contributed by atoms with van der Waals surface area (Å²) in [6.45, 7) is 3.96. The van der Waals surface area contributed by atoms with Crippen LogP contribution < -0.4 is 21.1 Å². The van der Waals surface area contributed by atoms with E-state index in [1.807, 2.05) is 30.3 Å². The Hall–Kier alpha value is -4.65. The van der Waals surface area contributed by atoms with Crippen LogP contribution in [0.5, 0.6) is 11.6 Å². The zero-order chi connectivity index (χ0) is 36.0. The van der Waals surface area contributed by atoms with Gasteiger partial charge in [-0.15, -0.1) is 0 Å². The van der Waals surface area contributed by atoms with Crippen LogP contribution in [0.15, 0.2) is 59.5 Å². The van der Waals surface area contributed by atoms with Crippen molar-refractivity contribution in [1.29, 1.82) is 0 Å². The maximum absolute atomic E-state index is 13.5. The Morgan fingerprint density at radius 2 is 1.44 bits per heavy atom. The Balaban J connectivity index is 1.48. The predicted molar refractivity (Wildman–Crippen MR) is 199 cm³/mol. The summed E-state index contributed by atoms with van der Waals surface area (Å²) >= 11 is 0. The first-order chi connectivity index (χ1) is 24.4. The number of carbonyl (C=O) groups is 2. The monoisotopic (exact) mass is 688 g/mol. The van der Waals surface area contributed by atoms with Crippen LogP contribution in [-0.4, -0.2) is 33.2 Å². The molecular formula is C40H56N4O6. The lowest BCUT2D eigenvalue weighted by Crippen LogP contribution is -2.35. The van der Waals surface area contributed by atoms with Crippen LogP contribution in [-0.2, 0) is 20.9 Å². The van der Waals surface area contributed by atoms with E-state index in [9.17, 15) is 19.5 Å². The molecule has 0 spiro atoms. The Kier molecular flexibility index (Phi) is 18.2. The summed E-state index contributed by atoms with van der Waals surface area (Å²) in [4.78, 5) is 39.5. The van der Waals surface area contributed by atoms with Crippen molar-refractivity contribution < 1.29 is 24.2 Å². The van der Waals surface area contributed by atoms with Gasteiger partial charge in [0.2, 0.25) is 11.8 Å². The van der Waals surface area contributed by atoms with Gasteiger partial charge >= 0.3 is 5.69 Å². The van der Waals surface area contributed by atoms with Crippen molar-refractivity contribution in [3.63, 3.8) is 0 Å². The molecule has 3 rings (SSSR count). The molecule has 0 aliphatic carbocycles. The zero-order valence-electron chi connectivity index (χ0n) is 30.2. The van der Waals surface area contributed by atoms with E-state index in [4.69, 9.17) is 9.47 Å². The molecule has 3 aromatic rings. The molecular weight excluding hydrogens is 632 g/mol. The molecule has 2 amide bonds. The van der Waals surface area contributed by atoms with Gasteiger partial charge in [-0.3, -0.25) is 14.2 Å². The maximum atomic E-state index is 13.5. The molecule has 0 bridgehead atoms. The Labute approximate surface area is 297 Å². The molecule has 1 aromatic heterocycles. The second-order valence-electron chi connectivity index (χ2n) is 12.7. The number of nitrogens with one attached hydrogen (secondary N) is 2. The van der Waals surface area contributed by atoms with Crippen LogP contribution in [0.1, 0.15) is 128 Å². The zero-order valence-corrected chi connectivity index (χ0v) is 30.2. The fourth-order valence-corrected chi connectivity index (χ4v) is 5.90. The summed E-state index contributed by atoms with van der Waals surface area (Å²) in [5.41, 5.74) is 0.907. The number of aromatic hydroxyl groups is 1. The van der Waals surface area contributed by atoms with Gasteiger partial charge in [-0.1, -0.05) is 133 Å². The van der Waals surface area contributed by atoms with Gasteiger partial charge in [0, 0.05) is 19.0 Å². The predicted octanol–water partition coefficient (Wildman–Crippen LogP) is 8.75. The van der Waals surface area contributed by atoms with Crippen LogP contribution >= 0.6 is 0 Å². The molecule has 0 radical (unpaired) electrons. The number of hydrogen-bond acceptors (Lipinski definition) is 6. The molecule has 0 aliphatic rings. The first-order valence-electron chi connectivity index (χ1n) is 18.3. The molecule has 50 heavy (non-hydrogen) atoms. The molecule has 1 atom stereocenters. The van der Waals surface area contributed by atoms with E-state index in [0.717, 1.165) is 29.4 Å². The number of unbranched alkanes of at least 4 members (excludes halogenated alkanes) is 14. The maximum Gasteiger partial charge on any atom is 0.334 e. The quantitative estimate of drug-likeness (QED) is 0.0639. The summed E-state index contributed by atoms with van der Waals surface area (Å²) in [5, 5.41) is 16.3. The number of carbonyl (C=O) groups excluding carboxylic acids is 2. The van der Waals surface area contributed by atoms with Crippen molar-refractivity contribution in [2.45, 2.75) is 129 Å². The van der Waals surface area contributed by atoms with E-state index >= 15 is 0 Å². The number of imidazole rings is 1. The SMILES string of the molecule is CC#COC(C(=O)Nc1cc(NC(=O)CCCCCCCCCCCCCCCCC)ccc1OC)n1c(O)cn(Cc2ccccc2)c1=O. The van der Waals surface area contributed by atoms with E-state index in [-0.39, 0.29) is 18.1 Å². The summed E-state index contributed by atoms with van der Waals surface area (Å²) in [6.07, 6.45) is 21.4. The number of methoxy groups -OCH3 is 1. The van der Waals surface area contributed by atoms with Crippen LogP contribution in [0, 0.1) is 12.0 Å². The molecule has 272 valence electrons. The molecule has 10 nitrogen and oxygen atoms in total. The molecule has 0 fully saturated rings. The van der Waals surface area contributed by atoms with Gasteiger partial charge in [-0.25, -0.2) is 9.36 Å². The lowest BCUT2D eigenvalue weighted by molar-refractivity contribution is -0.128. The number of aromatic nitrogens is 2. The minimum Gasteiger partial charge on any atom is -0.495 e. The highest BCUT2D eigenvalue weighted by Gasteiger charge is 2.29. The molecule has 1 unspecified atom stereocenters. The van der Waals surface area contributed by atoms with Gasteiger partial charge in [0.1, 0.15) is 11.9 Å². The van der Waals surface area contributed by atoms with Gasteiger partial charge in [-0.05, 0) is 30.2 Å². The summed E-state index contributed by atoms with van der Waals surface area (Å²) in [6, 6.07) is 14.1. The third-order valence-corrected chi connectivity index (χ3v) is 8.65. The second kappa shape index (κ2) is 22.9. The van der Waals surface area contributed by atoms with E-state index in [2.05, 4.69) is 29.6 Å². The normalized spacial score (nSPS) is 11.3. The second-order valence-corrected chi connectivity index (χ2v) is 12.7. The number of benzene rings is 2. The standard InChI is InChI=1S/C40H56N4O6/c1-4-6-7-8-9-10-11-12-13-14-15-16-17-18-22-25-36(45)41-33-26-27-35(49-3)34(29-33)42-38(47)39(50-28-5-2)44-37(46)31-43(40(44)48)30-32-23-20-19-21-24-32/h19-21,23-24,26-27,29,31,39,46H,4,6-18,22,25,30H2,1-3H3,(H,41,45)(H,42,47). The Morgan fingerprint density at radius 3 is 2.02 bits per heavy atom. The molecule has 2 aromatic carbocycles. The van der Waals surface area contributed by atoms with Gasteiger partial charge in [-0.2, -0.15) is 0 Å². The highest BCUT2D eigenvalue weighted by Crippen LogP contribution is 2.29. The van der Waals surface area contributed by atoms with Crippen LogP contribution in [0.25, 0.3) is 0 Å². The smallest absolute Gasteiger partial charge is 0.334 e. The summed E-state index contributed by atoms with van der Waals surface area (Å²) < 4.78 is 13.0. The average molecular weight is 689 g/mol. The first-order valence-corrected chi connectivity index (χ1v) is 18.3. The highest BCUT2D eigenvalue weighted by molar-refractivity contribution is 5.96. The minimum absolute atomic E-state index is 0.113. The topological polar surface area (TPSA) is 124 Å². The van der Waals surface area contributed by atoms with Gasteiger partial charge in [0.15, 0.2) is 0 Å². The first kappa shape index (κ1) is 39.8.